The summed E-state index contributed by atoms with van der Waals surface area (Å²) < 4.78 is 55.7. The summed E-state index contributed by atoms with van der Waals surface area (Å²) in [6, 6.07) is 7.89. The van der Waals surface area contributed by atoms with E-state index >= 15 is 0 Å². The molecule has 0 aliphatic rings. The Morgan fingerprint density at radius 2 is 1.84 bits per heavy atom. The van der Waals surface area contributed by atoms with Crippen molar-refractivity contribution in [1.29, 1.82) is 0 Å². The fraction of sp³-hybridized carbons (Fsp3) is 0.200. The molecular formula is C20H16F3N5O3. The van der Waals surface area contributed by atoms with Crippen LogP contribution >= 0.6 is 0 Å². The Hall–Kier alpha value is -3.89. The van der Waals surface area contributed by atoms with Gasteiger partial charge in [-0.2, -0.15) is 23.3 Å². The van der Waals surface area contributed by atoms with Crippen LogP contribution in [-0.4, -0.2) is 32.0 Å². The highest BCUT2D eigenvalue weighted by molar-refractivity contribution is 5.60. The molecule has 0 saturated carbocycles. The van der Waals surface area contributed by atoms with Crippen molar-refractivity contribution in [2.75, 3.05) is 7.11 Å². The van der Waals surface area contributed by atoms with Crippen LogP contribution in [0.4, 0.5) is 13.2 Å². The van der Waals surface area contributed by atoms with E-state index in [-0.39, 0.29) is 18.2 Å². The lowest BCUT2D eigenvalue weighted by Gasteiger charge is -2.10. The van der Waals surface area contributed by atoms with Gasteiger partial charge in [-0.05, 0) is 30.3 Å². The molecule has 0 saturated heterocycles. The van der Waals surface area contributed by atoms with Gasteiger partial charge in [-0.1, -0.05) is 5.16 Å². The molecule has 0 atom stereocenters. The molecule has 0 N–H and O–H groups in total. The van der Waals surface area contributed by atoms with Crippen LogP contribution < -0.4 is 9.47 Å². The third kappa shape index (κ3) is 4.34. The lowest BCUT2D eigenvalue weighted by atomic mass is 10.2. The van der Waals surface area contributed by atoms with Gasteiger partial charge in [0, 0.05) is 24.9 Å². The summed E-state index contributed by atoms with van der Waals surface area (Å²) in [7, 11) is 3.23. The second-order valence-electron chi connectivity index (χ2n) is 6.45. The number of halogens is 3. The average molecular weight is 431 g/mol. The predicted octanol–water partition coefficient (Wildman–Crippen LogP) is 4.14. The molecule has 0 bridgehead atoms. The van der Waals surface area contributed by atoms with E-state index in [1.807, 2.05) is 0 Å². The highest BCUT2D eigenvalue weighted by Gasteiger charge is 2.30. The first-order chi connectivity index (χ1) is 14.8. The minimum atomic E-state index is -4.40. The van der Waals surface area contributed by atoms with Crippen LogP contribution in [0.25, 0.3) is 22.8 Å². The van der Waals surface area contributed by atoms with Crippen LogP contribution in [0.1, 0.15) is 11.3 Å². The molecule has 11 heteroatoms. The van der Waals surface area contributed by atoms with Crippen molar-refractivity contribution < 1.29 is 27.2 Å². The summed E-state index contributed by atoms with van der Waals surface area (Å²) >= 11 is 0. The van der Waals surface area contributed by atoms with E-state index < -0.39 is 11.7 Å². The Labute approximate surface area is 174 Å². The summed E-state index contributed by atoms with van der Waals surface area (Å²) in [4.78, 5) is 8.49. The van der Waals surface area contributed by atoms with Crippen molar-refractivity contribution in [1.82, 2.24) is 24.9 Å². The Kier molecular flexibility index (Phi) is 5.32. The first-order valence-electron chi connectivity index (χ1n) is 9.00. The van der Waals surface area contributed by atoms with Crippen molar-refractivity contribution in [3.63, 3.8) is 0 Å². The minimum absolute atomic E-state index is 0.0407. The quantitative estimate of drug-likeness (QED) is 0.453. The maximum absolute atomic E-state index is 12.7. The average Bonchev–Trinajstić information content (AvgIpc) is 3.39. The number of hydrogen-bond donors (Lipinski definition) is 0. The SMILES string of the molecule is COc1ccc(-c2noc(-c3cnn(C)c3COc3ccc(C(F)(F)F)cc3)n2)cn1. The molecule has 0 aliphatic heterocycles. The van der Waals surface area contributed by atoms with Gasteiger partial charge < -0.3 is 14.0 Å². The second-order valence-corrected chi connectivity index (χ2v) is 6.45. The number of alkyl halides is 3. The molecule has 3 aromatic heterocycles. The second kappa shape index (κ2) is 8.09. The van der Waals surface area contributed by atoms with Crippen molar-refractivity contribution >= 4 is 0 Å². The number of nitrogens with zero attached hydrogens (tertiary/aromatic N) is 5. The minimum Gasteiger partial charge on any atom is -0.487 e. The van der Waals surface area contributed by atoms with Gasteiger partial charge in [0.25, 0.3) is 5.89 Å². The number of benzene rings is 1. The standard InChI is InChI=1S/C20H16F3N5O3/c1-28-16(11-30-14-6-4-13(5-7-14)20(21,22)23)15(10-25-28)19-26-18(27-31-19)12-3-8-17(29-2)24-9-12/h3-10H,11H2,1-2H3. The molecule has 1 aromatic carbocycles. The zero-order chi connectivity index (χ0) is 22.0. The van der Waals surface area contributed by atoms with E-state index in [4.69, 9.17) is 14.0 Å². The van der Waals surface area contributed by atoms with Gasteiger partial charge in [-0.15, -0.1) is 0 Å². The fourth-order valence-corrected chi connectivity index (χ4v) is 2.79. The maximum atomic E-state index is 12.7. The first-order valence-corrected chi connectivity index (χ1v) is 9.00. The van der Waals surface area contributed by atoms with Crippen molar-refractivity contribution in [2.24, 2.45) is 7.05 Å². The molecule has 160 valence electrons. The van der Waals surface area contributed by atoms with Gasteiger partial charge in [-0.25, -0.2) is 4.98 Å². The van der Waals surface area contributed by atoms with Crippen LogP contribution in [0.5, 0.6) is 11.6 Å². The lowest BCUT2D eigenvalue weighted by Crippen LogP contribution is -2.06. The Morgan fingerprint density at radius 1 is 1.06 bits per heavy atom. The molecule has 8 nitrogen and oxygen atoms in total. The number of hydrogen-bond acceptors (Lipinski definition) is 7. The molecule has 0 spiro atoms. The van der Waals surface area contributed by atoms with Crippen molar-refractivity contribution in [2.45, 2.75) is 12.8 Å². The molecule has 0 unspecified atom stereocenters. The topological polar surface area (TPSA) is 88.1 Å². The molecule has 0 aliphatic carbocycles. The molecule has 0 radical (unpaired) electrons. The fourth-order valence-electron chi connectivity index (χ4n) is 2.79. The van der Waals surface area contributed by atoms with E-state index in [9.17, 15) is 13.2 Å². The van der Waals surface area contributed by atoms with E-state index in [1.54, 1.807) is 36.3 Å². The van der Waals surface area contributed by atoms with Gasteiger partial charge >= 0.3 is 6.18 Å². The predicted molar refractivity (Wildman–Crippen MR) is 102 cm³/mol. The smallest absolute Gasteiger partial charge is 0.416 e. The third-order valence-electron chi connectivity index (χ3n) is 4.48. The number of methoxy groups -OCH3 is 1. The Morgan fingerprint density at radius 3 is 2.48 bits per heavy atom. The summed E-state index contributed by atoms with van der Waals surface area (Å²) in [5, 5.41) is 8.16. The molecule has 31 heavy (non-hydrogen) atoms. The summed E-state index contributed by atoms with van der Waals surface area (Å²) in [6.07, 6.45) is -1.29. The summed E-state index contributed by atoms with van der Waals surface area (Å²) in [5.74, 6) is 1.31. The van der Waals surface area contributed by atoms with Gasteiger partial charge in [-0.3, -0.25) is 4.68 Å². The number of pyridine rings is 1. The lowest BCUT2D eigenvalue weighted by molar-refractivity contribution is -0.137. The molecule has 3 heterocycles. The van der Waals surface area contributed by atoms with E-state index in [1.165, 1.54) is 19.2 Å². The summed E-state index contributed by atoms with van der Waals surface area (Å²) in [5.41, 5.74) is 1.06. The Balaban J connectivity index is 1.52. The molecule has 4 rings (SSSR count). The first kappa shape index (κ1) is 20.4. The van der Waals surface area contributed by atoms with Gasteiger partial charge in [0.1, 0.15) is 12.4 Å². The van der Waals surface area contributed by atoms with Crippen LogP contribution in [0.2, 0.25) is 0 Å². The van der Waals surface area contributed by atoms with Crippen molar-refractivity contribution in [3.05, 3.63) is 60.0 Å². The molecule has 0 amide bonds. The molecule has 0 fully saturated rings. The van der Waals surface area contributed by atoms with Crippen molar-refractivity contribution in [3.8, 4) is 34.5 Å². The maximum Gasteiger partial charge on any atom is 0.416 e. The van der Waals surface area contributed by atoms with Crippen LogP contribution in [0, 0.1) is 0 Å². The van der Waals surface area contributed by atoms with Crippen LogP contribution in [0.15, 0.2) is 53.3 Å². The van der Waals surface area contributed by atoms with Gasteiger partial charge in [0.05, 0.1) is 30.1 Å². The number of aromatic nitrogens is 5. The molecular weight excluding hydrogens is 415 g/mol. The highest BCUT2D eigenvalue weighted by Crippen LogP contribution is 2.31. The van der Waals surface area contributed by atoms with Crippen LogP contribution in [-0.2, 0) is 19.8 Å². The van der Waals surface area contributed by atoms with E-state index in [0.717, 1.165) is 12.1 Å². The zero-order valence-electron chi connectivity index (χ0n) is 16.4. The summed E-state index contributed by atoms with van der Waals surface area (Å²) in [6.45, 7) is 0.0407. The largest absolute Gasteiger partial charge is 0.487 e. The highest BCUT2D eigenvalue weighted by atomic mass is 19.4. The third-order valence-corrected chi connectivity index (χ3v) is 4.48. The molecule has 4 aromatic rings. The zero-order valence-corrected chi connectivity index (χ0v) is 16.4. The Bertz CT molecular complexity index is 1170. The van der Waals surface area contributed by atoms with E-state index in [2.05, 4.69) is 20.2 Å². The van der Waals surface area contributed by atoms with Gasteiger partial charge in [0.15, 0.2) is 0 Å². The number of aryl methyl sites for hydroxylation is 1. The normalized spacial score (nSPS) is 11.5. The number of ether oxygens (including phenoxy) is 2. The van der Waals surface area contributed by atoms with Gasteiger partial charge in [0.2, 0.25) is 11.7 Å². The number of rotatable bonds is 6. The van der Waals surface area contributed by atoms with E-state index in [0.29, 0.717) is 28.5 Å². The van der Waals surface area contributed by atoms with Crippen LogP contribution in [0.3, 0.4) is 0 Å². The monoisotopic (exact) mass is 431 g/mol.